The fourth-order valence-corrected chi connectivity index (χ4v) is 1.92. The molecule has 0 aliphatic rings. The van der Waals surface area contributed by atoms with Crippen molar-refractivity contribution in [1.29, 1.82) is 0 Å². The van der Waals surface area contributed by atoms with Gasteiger partial charge in [-0.3, -0.25) is 0 Å². The van der Waals surface area contributed by atoms with Gasteiger partial charge in [-0.1, -0.05) is 12.1 Å². The molecule has 0 saturated carbocycles. The molecule has 0 aliphatic heterocycles. The monoisotopic (exact) mass is 194 g/mol. The lowest BCUT2D eigenvalue weighted by Crippen LogP contribution is -1.78. The van der Waals surface area contributed by atoms with E-state index in [-0.39, 0.29) is 0 Å². The molecule has 1 N–H and O–H groups in total. The highest BCUT2D eigenvalue weighted by atomic mass is 32.2. The van der Waals surface area contributed by atoms with Crippen molar-refractivity contribution in [3.05, 3.63) is 36.9 Å². The van der Waals surface area contributed by atoms with Crippen molar-refractivity contribution < 1.29 is 5.11 Å². The summed E-state index contributed by atoms with van der Waals surface area (Å²) < 4.78 is 0. The molecule has 0 radical (unpaired) electrons. The lowest BCUT2D eigenvalue weighted by molar-refractivity contribution is 0.474. The van der Waals surface area contributed by atoms with Crippen LogP contribution in [0.5, 0.6) is 5.75 Å². The standard InChI is InChI=1S/C11H14OS/c1-2-3-4-8-13-11-7-5-6-10(12)9-11/h2,5-7,9,12H,1,3-4,8H2. The van der Waals surface area contributed by atoms with Gasteiger partial charge in [0.2, 0.25) is 0 Å². The van der Waals surface area contributed by atoms with Gasteiger partial charge < -0.3 is 5.11 Å². The van der Waals surface area contributed by atoms with Gasteiger partial charge in [-0.05, 0) is 36.8 Å². The van der Waals surface area contributed by atoms with Crippen LogP contribution in [0, 0.1) is 0 Å². The maximum atomic E-state index is 9.19. The second-order valence-corrected chi connectivity index (χ2v) is 3.95. The van der Waals surface area contributed by atoms with Crippen LogP contribution in [0.15, 0.2) is 41.8 Å². The Kier molecular flexibility index (Phi) is 4.47. The molecule has 0 aliphatic carbocycles. The van der Waals surface area contributed by atoms with E-state index in [9.17, 15) is 5.11 Å². The summed E-state index contributed by atoms with van der Waals surface area (Å²) in [5.41, 5.74) is 0. The summed E-state index contributed by atoms with van der Waals surface area (Å²) in [6, 6.07) is 7.36. The number of unbranched alkanes of at least 4 members (excludes halogenated alkanes) is 1. The number of phenols is 1. The van der Waals surface area contributed by atoms with Gasteiger partial charge >= 0.3 is 0 Å². The molecule has 0 heterocycles. The maximum absolute atomic E-state index is 9.19. The molecular formula is C11H14OS. The van der Waals surface area contributed by atoms with Gasteiger partial charge in [0.25, 0.3) is 0 Å². The Balaban J connectivity index is 2.32. The fraction of sp³-hybridized carbons (Fsp3) is 0.273. The number of thioether (sulfide) groups is 1. The Morgan fingerprint density at radius 2 is 2.31 bits per heavy atom. The first kappa shape index (κ1) is 10.2. The average Bonchev–Trinajstić information content (AvgIpc) is 2.13. The fourth-order valence-electron chi connectivity index (χ4n) is 0.991. The molecule has 0 saturated heterocycles. The third-order valence-corrected chi connectivity index (χ3v) is 2.72. The number of hydrogen-bond acceptors (Lipinski definition) is 2. The number of hydrogen-bond donors (Lipinski definition) is 1. The van der Waals surface area contributed by atoms with Gasteiger partial charge in [-0.2, -0.15) is 0 Å². The van der Waals surface area contributed by atoms with Crippen molar-refractivity contribution in [3.63, 3.8) is 0 Å². The normalized spacial score (nSPS) is 9.85. The summed E-state index contributed by atoms with van der Waals surface area (Å²) in [7, 11) is 0. The zero-order chi connectivity index (χ0) is 9.52. The van der Waals surface area contributed by atoms with Gasteiger partial charge in [-0.15, -0.1) is 18.3 Å². The number of benzene rings is 1. The quantitative estimate of drug-likeness (QED) is 0.440. The van der Waals surface area contributed by atoms with E-state index in [4.69, 9.17) is 0 Å². The molecule has 1 aromatic carbocycles. The Labute approximate surface area is 83.5 Å². The molecule has 0 atom stereocenters. The first-order chi connectivity index (χ1) is 6.33. The van der Waals surface area contributed by atoms with Gasteiger partial charge in [0.15, 0.2) is 0 Å². The summed E-state index contributed by atoms with van der Waals surface area (Å²) in [4.78, 5) is 1.13. The summed E-state index contributed by atoms with van der Waals surface area (Å²) >= 11 is 1.77. The summed E-state index contributed by atoms with van der Waals surface area (Å²) in [5, 5.41) is 9.19. The lowest BCUT2D eigenvalue weighted by Gasteiger charge is -2.00. The predicted octanol–water partition coefficient (Wildman–Crippen LogP) is 3.45. The van der Waals surface area contributed by atoms with Gasteiger partial charge in [0.05, 0.1) is 0 Å². The first-order valence-corrected chi connectivity index (χ1v) is 5.34. The number of aromatic hydroxyl groups is 1. The topological polar surface area (TPSA) is 20.2 Å². The van der Waals surface area contributed by atoms with Crippen LogP contribution >= 0.6 is 11.8 Å². The molecule has 1 aromatic rings. The maximum Gasteiger partial charge on any atom is 0.116 e. The van der Waals surface area contributed by atoms with E-state index in [0.717, 1.165) is 23.5 Å². The van der Waals surface area contributed by atoms with Crippen LogP contribution in [0.3, 0.4) is 0 Å². The molecule has 1 rings (SSSR count). The van der Waals surface area contributed by atoms with Crippen molar-refractivity contribution in [2.24, 2.45) is 0 Å². The minimum absolute atomic E-state index is 0.341. The highest BCUT2D eigenvalue weighted by molar-refractivity contribution is 7.99. The van der Waals surface area contributed by atoms with E-state index in [0.29, 0.717) is 5.75 Å². The van der Waals surface area contributed by atoms with E-state index >= 15 is 0 Å². The van der Waals surface area contributed by atoms with Crippen LogP contribution < -0.4 is 0 Å². The van der Waals surface area contributed by atoms with Crippen LogP contribution in [-0.2, 0) is 0 Å². The Bertz CT molecular complexity index is 271. The second-order valence-electron chi connectivity index (χ2n) is 2.78. The number of phenolic OH excluding ortho intramolecular Hbond substituents is 1. The molecule has 0 amide bonds. The molecule has 0 fully saturated rings. The van der Waals surface area contributed by atoms with Crippen molar-refractivity contribution in [1.82, 2.24) is 0 Å². The Morgan fingerprint density at radius 3 is 3.00 bits per heavy atom. The number of allylic oxidation sites excluding steroid dienone is 1. The summed E-state index contributed by atoms with van der Waals surface area (Å²) in [5.74, 6) is 1.42. The van der Waals surface area contributed by atoms with Gasteiger partial charge in [-0.25, -0.2) is 0 Å². The molecular weight excluding hydrogens is 180 g/mol. The third kappa shape index (κ3) is 4.04. The SMILES string of the molecule is C=CCCCSc1cccc(O)c1. The molecule has 0 spiro atoms. The van der Waals surface area contributed by atoms with E-state index < -0.39 is 0 Å². The predicted molar refractivity (Wildman–Crippen MR) is 58.3 cm³/mol. The van der Waals surface area contributed by atoms with E-state index in [1.807, 2.05) is 18.2 Å². The first-order valence-electron chi connectivity index (χ1n) is 4.35. The Morgan fingerprint density at radius 1 is 1.46 bits per heavy atom. The van der Waals surface area contributed by atoms with E-state index in [2.05, 4.69) is 6.58 Å². The van der Waals surface area contributed by atoms with Crippen molar-refractivity contribution in [2.75, 3.05) is 5.75 Å². The molecule has 13 heavy (non-hydrogen) atoms. The molecule has 70 valence electrons. The second kappa shape index (κ2) is 5.70. The van der Waals surface area contributed by atoms with Crippen LogP contribution in [0.2, 0.25) is 0 Å². The van der Waals surface area contributed by atoms with Crippen molar-refractivity contribution in [2.45, 2.75) is 17.7 Å². The number of rotatable bonds is 5. The van der Waals surface area contributed by atoms with E-state index in [1.54, 1.807) is 23.9 Å². The molecule has 1 nitrogen and oxygen atoms in total. The Hall–Kier alpha value is -0.890. The third-order valence-electron chi connectivity index (χ3n) is 1.64. The van der Waals surface area contributed by atoms with Crippen LogP contribution in [0.25, 0.3) is 0 Å². The zero-order valence-corrected chi connectivity index (χ0v) is 8.39. The minimum Gasteiger partial charge on any atom is -0.508 e. The molecule has 0 unspecified atom stereocenters. The average molecular weight is 194 g/mol. The summed E-state index contributed by atoms with van der Waals surface area (Å²) in [6.07, 6.45) is 4.14. The minimum atomic E-state index is 0.341. The largest absolute Gasteiger partial charge is 0.508 e. The van der Waals surface area contributed by atoms with Crippen molar-refractivity contribution >= 4 is 11.8 Å². The van der Waals surface area contributed by atoms with Crippen LogP contribution in [0.1, 0.15) is 12.8 Å². The van der Waals surface area contributed by atoms with Gasteiger partial charge in [0.1, 0.15) is 5.75 Å². The molecule has 0 aromatic heterocycles. The van der Waals surface area contributed by atoms with Crippen molar-refractivity contribution in [3.8, 4) is 5.75 Å². The highest BCUT2D eigenvalue weighted by Crippen LogP contribution is 2.22. The van der Waals surface area contributed by atoms with Crippen LogP contribution in [0.4, 0.5) is 0 Å². The molecule has 0 bridgehead atoms. The highest BCUT2D eigenvalue weighted by Gasteiger charge is 1.94. The van der Waals surface area contributed by atoms with Crippen LogP contribution in [-0.4, -0.2) is 10.9 Å². The lowest BCUT2D eigenvalue weighted by atomic mass is 10.3. The smallest absolute Gasteiger partial charge is 0.116 e. The zero-order valence-electron chi connectivity index (χ0n) is 7.57. The summed E-state index contributed by atoms with van der Waals surface area (Å²) in [6.45, 7) is 3.67. The van der Waals surface area contributed by atoms with E-state index in [1.165, 1.54) is 0 Å². The molecule has 2 heteroatoms. The van der Waals surface area contributed by atoms with Gasteiger partial charge in [0, 0.05) is 4.90 Å².